The molecule has 0 saturated carbocycles. The van der Waals surface area contributed by atoms with Crippen LogP contribution in [-0.4, -0.2) is 20.6 Å². The van der Waals surface area contributed by atoms with Crippen molar-refractivity contribution in [3.8, 4) is 0 Å². The van der Waals surface area contributed by atoms with Gasteiger partial charge in [-0.2, -0.15) is 0 Å². The maximum absolute atomic E-state index is 11.0. The second kappa shape index (κ2) is 4.80. The molecule has 1 N–H and O–H groups in total. The third-order valence-electron chi connectivity index (χ3n) is 3.63. The van der Waals surface area contributed by atoms with Crippen LogP contribution in [0.25, 0.3) is 11.0 Å². The molecule has 0 aliphatic rings. The van der Waals surface area contributed by atoms with Gasteiger partial charge in [0, 0.05) is 13.5 Å². The number of carbonyl (C=O) groups is 1. The summed E-state index contributed by atoms with van der Waals surface area (Å²) in [6.45, 7) is 3.70. The number of aliphatic carboxylic acids is 1. The first-order valence-corrected chi connectivity index (χ1v) is 6.14. The second-order valence-corrected chi connectivity index (χ2v) is 4.88. The number of carboxylic acids is 1. The third kappa shape index (κ3) is 2.23. The predicted octanol–water partition coefficient (Wildman–Crippen LogP) is 2.47. The van der Waals surface area contributed by atoms with Crippen LogP contribution >= 0.6 is 0 Å². The van der Waals surface area contributed by atoms with Gasteiger partial charge >= 0.3 is 5.97 Å². The van der Waals surface area contributed by atoms with E-state index in [2.05, 4.69) is 4.98 Å². The minimum absolute atomic E-state index is 0.0676. The highest BCUT2D eigenvalue weighted by Crippen LogP contribution is 2.20. The van der Waals surface area contributed by atoms with Crippen LogP contribution in [-0.2, 0) is 18.3 Å². The summed E-state index contributed by atoms with van der Waals surface area (Å²) < 4.78 is 2.04. The summed E-state index contributed by atoms with van der Waals surface area (Å²) in [6, 6.07) is 7.95. The maximum Gasteiger partial charge on any atom is 0.306 e. The van der Waals surface area contributed by atoms with E-state index in [-0.39, 0.29) is 11.8 Å². The molecule has 1 aromatic carbocycles. The molecule has 0 aliphatic carbocycles. The van der Waals surface area contributed by atoms with Crippen molar-refractivity contribution in [3.63, 3.8) is 0 Å². The number of benzene rings is 1. The van der Waals surface area contributed by atoms with Crippen LogP contribution < -0.4 is 0 Å². The van der Waals surface area contributed by atoms with Gasteiger partial charge in [-0.3, -0.25) is 4.79 Å². The zero-order valence-electron chi connectivity index (χ0n) is 10.9. The van der Waals surface area contributed by atoms with E-state index in [4.69, 9.17) is 5.11 Å². The lowest BCUT2D eigenvalue weighted by Crippen LogP contribution is -2.21. The largest absolute Gasteiger partial charge is 0.481 e. The minimum Gasteiger partial charge on any atom is -0.481 e. The fraction of sp³-hybridized carbons (Fsp3) is 0.429. The number of rotatable bonds is 4. The summed E-state index contributed by atoms with van der Waals surface area (Å²) in [5.41, 5.74) is 2.05. The average molecular weight is 246 g/mol. The van der Waals surface area contributed by atoms with Crippen LogP contribution in [0.5, 0.6) is 0 Å². The lowest BCUT2D eigenvalue weighted by molar-refractivity contribution is -0.142. The first-order chi connectivity index (χ1) is 8.50. The quantitative estimate of drug-likeness (QED) is 0.901. The Bertz CT molecular complexity index is 574. The van der Waals surface area contributed by atoms with Crippen molar-refractivity contribution in [2.75, 3.05) is 0 Å². The summed E-state index contributed by atoms with van der Waals surface area (Å²) >= 11 is 0. The Hall–Kier alpha value is -1.84. The Labute approximate surface area is 106 Å². The Morgan fingerprint density at radius 2 is 2.06 bits per heavy atom. The van der Waals surface area contributed by atoms with E-state index in [0.717, 1.165) is 16.9 Å². The zero-order chi connectivity index (χ0) is 13.3. The molecule has 0 amide bonds. The molecule has 2 rings (SSSR count). The Morgan fingerprint density at radius 1 is 1.39 bits per heavy atom. The van der Waals surface area contributed by atoms with E-state index in [1.807, 2.05) is 42.8 Å². The van der Waals surface area contributed by atoms with Crippen LogP contribution in [0.2, 0.25) is 0 Å². The summed E-state index contributed by atoms with van der Waals surface area (Å²) in [4.78, 5) is 15.5. The molecule has 1 heterocycles. The van der Waals surface area contributed by atoms with Crippen LogP contribution in [0, 0.1) is 11.8 Å². The van der Waals surface area contributed by atoms with Gasteiger partial charge in [0.15, 0.2) is 0 Å². The molecule has 4 heteroatoms. The van der Waals surface area contributed by atoms with Gasteiger partial charge in [-0.25, -0.2) is 4.98 Å². The van der Waals surface area contributed by atoms with Gasteiger partial charge in [0.2, 0.25) is 0 Å². The number of hydrogen-bond acceptors (Lipinski definition) is 2. The molecular formula is C14H18N2O2. The summed E-state index contributed by atoms with van der Waals surface area (Å²) in [5, 5.41) is 9.01. The van der Waals surface area contributed by atoms with Crippen molar-refractivity contribution in [2.45, 2.75) is 20.3 Å². The fourth-order valence-corrected chi connectivity index (χ4v) is 2.09. The van der Waals surface area contributed by atoms with Gasteiger partial charge in [-0.1, -0.05) is 26.0 Å². The molecule has 0 radical (unpaired) electrons. The van der Waals surface area contributed by atoms with Crippen LogP contribution in [0.15, 0.2) is 24.3 Å². The van der Waals surface area contributed by atoms with Crippen molar-refractivity contribution < 1.29 is 9.90 Å². The number of fused-ring (bicyclic) bond motifs is 1. The van der Waals surface area contributed by atoms with Gasteiger partial charge in [0.25, 0.3) is 0 Å². The molecule has 1 aromatic heterocycles. The maximum atomic E-state index is 11.0. The van der Waals surface area contributed by atoms with Crippen molar-refractivity contribution in [1.82, 2.24) is 9.55 Å². The van der Waals surface area contributed by atoms with Gasteiger partial charge < -0.3 is 9.67 Å². The lowest BCUT2D eigenvalue weighted by Gasteiger charge is -2.15. The predicted molar refractivity (Wildman–Crippen MR) is 70.4 cm³/mol. The van der Waals surface area contributed by atoms with Crippen LogP contribution in [0.3, 0.4) is 0 Å². The smallest absolute Gasteiger partial charge is 0.306 e. The molecule has 2 unspecified atom stereocenters. The number of imidazole rings is 1. The summed E-state index contributed by atoms with van der Waals surface area (Å²) in [7, 11) is 1.98. The number of carboxylic acid groups (broad SMARTS) is 1. The van der Waals surface area contributed by atoms with Crippen molar-refractivity contribution in [3.05, 3.63) is 30.1 Å². The fourth-order valence-electron chi connectivity index (χ4n) is 2.09. The van der Waals surface area contributed by atoms with Crippen molar-refractivity contribution in [2.24, 2.45) is 18.9 Å². The SMILES string of the molecule is CC(Cc1nc2ccccc2n1C)C(C)C(=O)O. The Kier molecular flexibility index (Phi) is 3.36. The number of aryl methyl sites for hydroxylation is 1. The van der Waals surface area contributed by atoms with Gasteiger partial charge in [-0.15, -0.1) is 0 Å². The topological polar surface area (TPSA) is 55.1 Å². The molecular weight excluding hydrogens is 228 g/mol. The molecule has 0 spiro atoms. The van der Waals surface area contributed by atoms with Gasteiger partial charge in [0.1, 0.15) is 5.82 Å². The molecule has 0 bridgehead atoms. The monoisotopic (exact) mass is 246 g/mol. The standard InChI is InChI=1S/C14H18N2O2/c1-9(10(2)14(17)18)8-13-15-11-6-4-5-7-12(11)16(13)3/h4-7,9-10H,8H2,1-3H3,(H,17,18). The highest BCUT2D eigenvalue weighted by molar-refractivity contribution is 5.75. The van der Waals surface area contributed by atoms with E-state index in [9.17, 15) is 4.79 Å². The van der Waals surface area contributed by atoms with E-state index >= 15 is 0 Å². The third-order valence-corrected chi connectivity index (χ3v) is 3.63. The van der Waals surface area contributed by atoms with E-state index in [1.165, 1.54) is 0 Å². The van der Waals surface area contributed by atoms with Crippen molar-refractivity contribution in [1.29, 1.82) is 0 Å². The summed E-state index contributed by atoms with van der Waals surface area (Å²) in [6.07, 6.45) is 0.679. The molecule has 0 aliphatic heterocycles. The average Bonchev–Trinajstić information content (AvgIpc) is 2.66. The van der Waals surface area contributed by atoms with Gasteiger partial charge in [-0.05, 0) is 18.1 Å². The highest BCUT2D eigenvalue weighted by Gasteiger charge is 2.21. The molecule has 4 nitrogen and oxygen atoms in total. The first-order valence-electron chi connectivity index (χ1n) is 6.14. The van der Waals surface area contributed by atoms with Crippen LogP contribution in [0.1, 0.15) is 19.7 Å². The Balaban J connectivity index is 2.27. The normalized spacial score (nSPS) is 14.6. The van der Waals surface area contributed by atoms with Gasteiger partial charge in [0.05, 0.1) is 17.0 Å². The number of para-hydroxylation sites is 2. The molecule has 0 fully saturated rings. The molecule has 0 saturated heterocycles. The molecule has 96 valence electrons. The number of nitrogens with zero attached hydrogens (tertiary/aromatic N) is 2. The van der Waals surface area contributed by atoms with E-state index < -0.39 is 5.97 Å². The lowest BCUT2D eigenvalue weighted by atomic mass is 9.93. The molecule has 2 atom stereocenters. The number of hydrogen-bond donors (Lipinski definition) is 1. The van der Waals surface area contributed by atoms with E-state index in [0.29, 0.717) is 6.42 Å². The molecule has 2 aromatic rings. The summed E-state index contributed by atoms with van der Waals surface area (Å²) in [5.74, 6) is -0.0964. The van der Waals surface area contributed by atoms with Crippen molar-refractivity contribution >= 4 is 17.0 Å². The second-order valence-electron chi connectivity index (χ2n) is 4.88. The number of aromatic nitrogens is 2. The Morgan fingerprint density at radius 3 is 2.67 bits per heavy atom. The molecule has 18 heavy (non-hydrogen) atoms. The highest BCUT2D eigenvalue weighted by atomic mass is 16.4. The first kappa shape index (κ1) is 12.6. The minimum atomic E-state index is -0.749. The zero-order valence-corrected chi connectivity index (χ0v) is 10.9. The van der Waals surface area contributed by atoms with Crippen LogP contribution in [0.4, 0.5) is 0 Å². The van der Waals surface area contributed by atoms with E-state index in [1.54, 1.807) is 6.92 Å².